The van der Waals surface area contributed by atoms with Crippen molar-refractivity contribution < 1.29 is 4.42 Å². The van der Waals surface area contributed by atoms with Gasteiger partial charge in [-0.3, -0.25) is 5.10 Å². The van der Waals surface area contributed by atoms with E-state index in [1.165, 1.54) is 0 Å². The minimum Gasteiger partial charge on any atom is -0.451 e. The number of nitrogens with zero attached hydrogens (tertiary/aromatic N) is 5. The van der Waals surface area contributed by atoms with Gasteiger partial charge in [0.25, 0.3) is 0 Å². The second-order valence-corrected chi connectivity index (χ2v) is 6.44. The smallest absolute Gasteiger partial charge is 0.176 e. The number of imidazole rings is 2. The van der Waals surface area contributed by atoms with Gasteiger partial charge in [0.05, 0.1) is 18.6 Å². The first-order chi connectivity index (χ1) is 12.2. The zero-order valence-electron chi connectivity index (χ0n) is 14.3. The second-order valence-electron chi connectivity index (χ2n) is 6.44. The van der Waals surface area contributed by atoms with Crippen LogP contribution in [-0.2, 0) is 13.1 Å². The Morgan fingerprint density at radius 2 is 2.00 bits per heavy atom. The summed E-state index contributed by atoms with van der Waals surface area (Å²) >= 11 is 0. The molecule has 0 atom stereocenters. The Kier molecular flexibility index (Phi) is 3.97. The number of hydrogen-bond acceptors (Lipinski definition) is 4. The fourth-order valence-corrected chi connectivity index (χ4v) is 2.87. The van der Waals surface area contributed by atoms with Crippen LogP contribution in [0.25, 0.3) is 23.0 Å². The molecule has 128 valence electrons. The lowest BCUT2D eigenvalue weighted by Gasteiger charge is -2.12. The lowest BCUT2D eigenvalue weighted by molar-refractivity contribution is 0.503. The standard InChI is InChI=1S/C18H20N6O/c1-13(2)10-24-12-19-9-14(24)11-23-8-7-20-18(23)17-4-3-16(25-17)15-5-6-21-22-15/h3-9,12-13H,10-11H2,1-2H3,(H,21,22). The maximum absolute atomic E-state index is 5.95. The van der Waals surface area contributed by atoms with E-state index in [0.29, 0.717) is 12.5 Å². The van der Waals surface area contributed by atoms with E-state index in [4.69, 9.17) is 4.42 Å². The van der Waals surface area contributed by atoms with Gasteiger partial charge in [-0.15, -0.1) is 0 Å². The molecule has 7 heteroatoms. The van der Waals surface area contributed by atoms with Crippen molar-refractivity contribution in [1.29, 1.82) is 0 Å². The summed E-state index contributed by atoms with van der Waals surface area (Å²) in [5, 5.41) is 6.86. The van der Waals surface area contributed by atoms with E-state index < -0.39 is 0 Å². The normalized spacial score (nSPS) is 11.5. The molecule has 0 amide bonds. The number of rotatable bonds is 6. The van der Waals surface area contributed by atoms with E-state index in [9.17, 15) is 0 Å². The summed E-state index contributed by atoms with van der Waals surface area (Å²) in [6, 6.07) is 5.73. The van der Waals surface area contributed by atoms with Crippen LogP contribution in [0.3, 0.4) is 0 Å². The summed E-state index contributed by atoms with van der Waals surface area (Å²) in [4.78, 5) is 8.76. The molecule has 0 bridgehead atoms. The summed E-state index contributed by atoms with van der Waals surface area (Å²) in [7, 11) is 0. The van der Waals surface area contributed by atoms with Gasteiger partial charge in [0.2, 0.25) is 0 Å². The molecule has 0 saturated carbocycles. The Balaban J connectivity index is 1.60. The minimum atomic E-state index is 0.567. The van der Waals surface area contributed by atoms with Crippen molar-refractivity contribution in [3.8, 4) is 23.0 Å². The molecule has 4 aromatic heterocycles. The van der Waals surface area contributed by atoms with Crippen molar-refractivity contribution in [2.24, 2.45) is 5.92 Å². The van der Waals surface area contributed by atoms with Crippen molar-refractivity contribution in [3.63, 3.8) is 0 Å². The van der Waals surface area contributed by atoms with Gasteiger partial charge < -0.3 is 13.6 Å². The molecule has 0 unspecified atom stereocenters. The Hall–Kier alpha value is -3.09. The number of aromatic nitrogens is 6. The maximum atomic E-state index is 5.95. The van der Waals surface area contributed by atoms with Gasteiger partial charge in [-0.2, -0.15) is 5.10 Å². The molecule has 4 aromatic rings. The monoisotopic (exact) mass is 336 g/mol. The molecule has 4 heterocycles. The van der Waals surface area contributed by atoms with Crippen LogP contribution in [0.2, 0.25) is 0 Å². The molecule has 0 aromatic carbocycles. The van der Waals surface area contributed by atoms with Crippen LogP contribution in [0.15, 0.2) is 53.7 Å². The number of aromatic amines is 1. The molecule has 0 fully saturated rings. The van der Waals surface area contributed by atoms with Gasteiger partial charge >= 0.3 is 0 Å². The highest BCUT2D eigenvalue weighted by Crippen LogP contribution is 2.26. The van der Waals surface area contributed by atoms with Crippen LogP contribution in [0.1, 0.15) is 19.5 Å². The van der Waals surface area contributed by atoms with Crippen molar-refractivity contribution in [2.45, 2.75) is 26.9 Å². The lowest BCUT2D eigenvalue weighted by atomic mass is 10.2. The van der Waals surface area contributed by atoms with Crippen LogP contribution in [0.5, 0.6) is 0 Å². The van der Waals surface area contributed by atoms with Crippen molar-refractivity contribution >= 4 is 0 Å². The highest BCUT2D eigenvalue weighted by Gasteiger charge is 2.14. The average Bonchev–Trinajstić information content (AvgIpc) is 3.35. The van der Waals surface area contributed by atoms with Crippen molar-refractivity contribution in [3.05, 3.63) is 55.0 Å². The molecule has 0 saturated heterocycles. The molecule has 0 aliphatic carbocycles. The SMILES string of the molecule is CC(C)Cn1cncc1Cn1ccnc1-c1ccc(-c2ccn[nH]2)o1. The number of hydrogen-bond donors (Lipinski definition) is 1. The van der Waals surface area contributed by atoms with E-state index in [1.54, 1.807) is 12.4 Å². The maximum Gasteiger partial charge on any atom is 0.176 e. The van der Waals surface area contributed by atoms with Crippen molar-refractivity contribution in [2.75, 3.05) is 0 Å². The predicted octanol–water partition coefficient (Wildman–Crippen LogP) is 3.43. The second kappa shape index (κ2) is 6.43. The Labute approximate surface area is 145 Å². The third-order valence-corrected chi connectivity index (χ3v) is 4.00. The van der Waals surface area contributed by atoms with Crippen LogP contribution in [0, 0.1) is 5.92 Å². The zero-order valence-corrected chi connectivity index (χ0v) is 14.3. The molecule has 1 N–H and O–H groups in total. The molecule has 0 spiro atoms. The van der Waals surface area contributed by atoms with Gasteiger partial charge in [0.15, 0.2) is 17.3 Å². The van der Waals surface area contributed by atoms with Crippen LogP contribution >= 0.6 is 0 Å². The molecular weight excluding hydrogens is 316 g/mol. The lowest BCUT2D eigenvalue weighted by Crippen LogP contribution is -2.10. The van der Waals surface area contributed by atoms with E-state index >= 15 is 0 Å². The third kappa shape index (κ3) is 3.13. The van der Waals surface area contributed by atoms with Crippen LogP contribution < -0.4 is 0 Å². The largest absolute Gasteiger partial charge is 0.451 e. The van der Waals surface area contributed by atoms with Gasteiger partial charge in [-0.25, -0.2) is 9.97 Å². The van der Waals surface area contributed by atoms with Crippen LogP contribution in [0.4, 0.5) is 0 Å². The summed E-state index contributed by atoms with van der Waals surface area (Å²) in [5.41, 5.74) is 1.99. The zero-order chi connectivity index (χ0) is 17.2. The molecule has 0 aliphatic heterocycles. The third-order valence-electron chi connectivity index (χ3n) is 4.00. The number of furan rings is 1. The molecule has 0 aliphatic rings. The topological polar surface area (TPSA) is 77.5 Å². The van der Waals surface area contributed by atoms with Gasteiger partial charge in [0, 0.05) is 31.3 Å². The van der Waals surface area contributed by atoms with E-state index in [2.05, 4.69) is 43.1 Å². The van der Waals surface area contributed by atoms with Gasteiger partial charge in [-0.05, 0) is 24.1 Å². The first-order valence-electron chi connectivity index (χ1n) is 8.31. The van der Waals surface area contributed by atoms with E-state index in [1.807, 2.05) is 36.9 Å². The summed E-state index contributed by atoms with van der Waals surface area (Å²) < 4.78 is 10.2. The summed E-state index contributed by atoms with van der Waals surface area (Å²) in [5.74, 6) is 2.83. The average molecular weight is 336 g/mol. The number of H-pyrrole nitrogens is 1. The Bertz CT molecular complexity index is 944. The van der Waals surface area contributed by atoms with Crippen molar-refractivity contribution in [1.82, 2.24) is 29.3 Å². The van der Waals surface area contributed by atoms with E-state index in [-0.39, 0.29) is 0 Å². The molecular formula is C18H20N6O. The number of nitrogens with one attached hydrogen (secondary N) is 1. The fraction of sp³-hybridized carbons (Fsp3) is 0.278. The molecule has 4 rings (SSSR count). The van der Waals surface area contributed by atoms with Crippen LogP contribution in [-0.4, -0.2) is 29.3 Å². The van der Waals surface area contributed by atoms with Gasteiger partial charge in [-0.1, -0.05) is 13.8 Å². The molecule has 7 nitrogen and oxygen atoms in total. The predicted molar refractivity (Wildman–Crippen MR) is 93.7 cm³/mol. The van der Waals surface area contributed by atoms with E-state index in [0.717, 1.165) is 35.3 Å². The summed E-state index contributed by atoms with van der Waals surface area (Å²) in [6.45, 7) is 6.05. The Morgan fingerprint density at radius 1 is 1.12 bits per heavy atom. The summed E-state index contributed by atoms with van der Waals surface area (Å²) in [6.07, 6.45) is 9.24. The fourth-order valence-electron chi connectivity index (χ4n) is 2.87. The Morgan fingerprint density at radius 3 is 2.80 bits per heavy atom. The minimum absolute atomic E-state index is 0.567. The highest BCUT2D eigenvalue weighted by atomic mass is 16.3. The molecule has 25 heavy (non-hydrogen) atoms. The first kappa shape index (κ1) is 15.4. The highest BCUT2D eigenvalue weighted by molar-refractivity contribution is 5.58. The molecule has 0 radical (unpaired) electrons. The quantitative estimate of drug-likeness (QED) is 0.585. The first-order valence-corrected chi connectivity index (χ1v) is 8.31. The van der Waals surface area contributed by atoms with Gasteiger partial charge in [0.1, 0.15) is 5.69 Å².